The molecule has 0 fully saturated rings. The van der Waals surface area contributed by atoms with Crippen molar-refractivity contribution in [3.63, 3.8) is 0 Å². The monoisotopic (exact) mass is 206 g/mol. The number of urea groups is 1. The van der Waals surface area contributed by atoms with Crippen molar-refractivity contribution in [2.75, 3.05) is 11.9 Å². The van der Waals surface area contributed by atoms with Crippen LogP contribution in [0, 0.1) is 0 Å². The number of aromatic nitrogens is 2. The van der Waals surface area contributed by atoms with Crippen LogP contribution in [0.1, 0.15) is 6.92 Å². The maximum atomic E-state index is 11.2. The lowest BCUT2D eigenvalue weighted by Gasteiger charge is -2.00. The van der Waals surface area contributed by atoms with Gasteiger partial charge in [-0.15, -0.1) is 0 Å². The molecule has 5 heteroatoms. The zero-order chi connectivity index (χ0) is 11.3. The molecule has 0 aliphatic carbocycles. The number of amides is 2. The number of H-pyrrole nitrogens is 1. The van der Waals surface area contributed by atoms with Crippen LogP contribution in [0.2, 0.25) is 0 Å². The third-order valence-corrected chi connectivity index (χ3v) is 1.66. The standard InChI is InChI=1S/C10H14N4O/c1-4-6-8-7(3)12-9(13-8)14-10(15)11-5-2/h4,6H,1,3,5H2,2H3,(H3,11,12,13,14,15)/b8-6+. The molecule has 0 spiro atoms. The lowest BCUT2D eigenvalue weighted by Crippen LogP contribution is -2.28. The molecule has 0 saturated carbocycles. The molecule has 15 heavy (non-hydrogen) atoms. The average molecular weight is 206 g/mol. The maximum absolute atomic E-state index is 11.2. The SMILES string of the molecule is C=C/C=c1/nc(NC(=O)NCC)[nH]c1=C. The minimum Gasteiger partial charge on any atom is -0.338 e. The van der Waals surface area contributed by atoms with Gasteiger partial charge in [0, 0.05) is 6.54 Å². The van der Waals surface area contributed by atoms with Crippen LogP contribution in [0.15, 0.2) is 12.7 Å². The molecule has 1 aromatic rings. The highest BCUT2D eigenvalue weighted by Gasteiger charge is 2.01. The largest absolute Gasteiger partial charge is 0.338 e. The molecule has 0 aromatic carbocycles. The molecule has 0 aliphatic rings. The van der Waals surface area contributed by atoms with Crippen molar-refractivity contribution in [1.29, 1.82) is 0 Å². The van der Waals surface area contributed by atoms with Gasteiger partial charge in [-0.3, -0.25) is 5.32 Å². The van der Waals surface area contributed by atoms with Crippen LogP contribution in [0.5, 0.6) is 0 Å². The number of carbonyl (C=O) groups is 1. The summed E-state index contributed by atoms with van der Waals surface area (Å²) in [5.74, 6) is 0.374. The van der Waals surface area contributed by atoms with Crippen LogP contribution in [-0.2, 0) is 0 Å². The highest BCUT2D eigenvalue weighted by Crippen LogP contribution is 1.87. The van der Waals surface area contributed by atoms with Crippen LogP contribution in [0.3, 0.4) is 0 Å². The van der Waals surface area contributed by atoms with E-state index in [2.05, 4.69) is 33.8 Å². The van der Waals surface area contributed by atoms with E-state index in [0.717, 1.165) is 0 Å². The average Bonchev–Trinajstić information content (AvgIpc) is 2.48. The minimum atomic E-state index is -0.295. The number of carbonyl (C=O) groups excluding carboxylic acids is 1. The van der Waals surface area contributed by atoms with Crippen molar-refractivity contribution in [3.8, 4) is 0 Å². The van der Waals surface area contributed by atoms with Crippen molar-refractivity contribution in [1.82, 2.24) is 15.3 Å². The summed E-state index contributed by atoms with van der Waals surface area (Å²) in [4.78, 5) is 18.1. The summed E-state index contributed by atoms with van der Waals surface area (Å²) in [5, 5.41) is 6.45. The molecule has 0 radical (unpaired) electrons. The zero-order valence-corrected chi connectivity index (χ0v) is 8.63. The van der Waals surface area contributed by atoms with Gasteiger partial charge in [0.15, 0.2) is 0 Å². The Bertz CT molecular complexity index is 460. The van der Waals surface area contributed by atoms with Crippen molar-refractivity contribution in [2.45, 2.75) is 6.92 Å². The third-order valence-electron chi connectivity index (χ3n) is 1.66. The van der Waals surface area contributed by atoms with Gasteiger partial charge >= 0.3 is 6.03 Å². The van der Waals surface area contributed by atoms with Gasteiger partial charge in [0.2, 0.25) is 5.95 Å². The Morgan fingerprint density at radius 1 is 1.67 bits per heavy atom. The molecule has 0 unspecified atom stereocenters. The summed E-state index contributed by atoms with van der Waals surface area (Å²) in [6.07, 6.45) is 3.32. The lowest BCUT2D eigenvalue weighted by atomic mass is 10.5. The predicted molar refractivity (Wildman–Crippen MR) is 60.7 cm³/mol. The summed E-state index contributed by atoms with van der Waals surface area (Å²) in [7, 11) is 0. The van der Waals surface area contributed by atoms with Gasteiger partial charge in [-0.2, -0.15) is 0 Å². The number of hydrogen-bond acceptors (Lipinski definition) is 2. The second-order valence-electron chi connectivity index (χ2n) is 2.84. The second-order valence-corrected chi connectivity index (χ2v) is 2.84. The van der Waals surface area contributed by atoms with Crippen LogP contribution in [0.4, 0.5) is 10.7 Å². The molecular weight excluding hydrogens is 192 g/mol. The van der Waals surface area contributed by atoms with E-state index in [1.54, 1.807) is 12.2 Å². The fourth-order valence-electron chi connectivity index (χ4n) is 1.04. The van der Waals surface area contributed by atoms with Gasteiger partial charge in [0.05, 0.1) is 10.7 Å². The van der Waals surface area contributed by atoms with E-state index in [9.17, 15) is 4.79 Å². The molecule has 0 saturated heterocycles. The molecule has 1 rings (SSSR count). The van der Waals surface area contributed by atoms with E-state index in [0.29, 0.717) is 23.2 Å². The molecule has 5 nitrogen and oxygen atoms in total. The Labute approximate surface area is 87.6 Å². The van der Waals surface area contributed by atoms with Gasteiger partial charge < -0.3 is 10.3 Å². The first-order valence-corrected chi connectivity index (χ1v) is 4.60. The van der Waals surface area contributed by atoms with Crippen LogP contribution in [0.25, 0.3) is 12.7 Å². The summed E-state index contributed by atoms with van der Waals surface area (Å²) < 4.78 is 0. The molecule has 80 valence electrons. The first-order valence-electron chi connectivity index (χ1n) is 4.60. The van der Waals surface area contributed by atoms with Gasteiger partial charge in [-0.05, 0) is 13.0 Å². The second kappa shape index (κ2) is 4.99. The third kappa shape index (κ3) is 2.98. The van der Waals surface area contributed by atoms with E-state index in [-0.39, 0.29) is 6.03 Å². The van der Waals surface area contributed by atoms with Crippen LogP contribution >= 0.6 is 0 Å². The highest BCUT2D eigenvalue weighted by molar-refractivity contribution is 5.87. The number of rotatable bonds is 3. The molecule has 0 bridgehead atoms. The van der Waals surface area contributed by atoms with Crippen molar-refractivity contribution < 1.29 is 4.79 Å². The number of imidazole rings is 1. The Morgan fingerprint density at radius 3 is 3.00 bits per heavy atom. The van der Waals surface area contributed by atoms with E-state index < -0.39 is 0 Å². The van der Waals surface area contributed by atoms with E-state index in [1.807, 2.05) is 6.92 Å². The Hall–Kier alpha value is -2.04. The molecule has 0 atom stereocenters. The Kier molecular flexibility index (Phi) is 3.68. The first kappa shape index (κ1) is 11.0. The van der Waals surface area contributed by atoms with Gasteiger partial charge in [0.1, 0.15) is 0 Å². The lowest BCUT2D eigenvalue weighted by molar-refractivity contribution is 0.252. The minimum absolute atomic E-state index is 0.295. The number of nitrogens with one attached hydrogen (secondary N) is 3. The van der Waals surface area contributed by atoms with E-state index in [1.165, 1.54) is 0 Å². The summed E-state index contributed by atoms with van der Waals surface area (Å²) in [6, 6.07) is -0.295. The number of allylic oxidation sites excluding steroid dienone is 1. The molecule has 0 aliphatic heterocycles. The number of anilines is 1. The predicted octanol–water partition coefficient (Wildman–Crippen LogP) is -0.0721. The smallest absolute Gasteiger partial charge is 0.321 e. The summed E-state index contributed by atoms with van der Waals surface area (Å²) >= 11 is 0. The van der Waals surface area contributed by atoms with Gasteiger partial charge in [0.25, 0.3) is 0 Å². The molecule has 3 N–H and O–H groups in total. The van der Waals surface area contributed by atoms with Gasteiger partial charge in [-0.1, -0.05) is 19.2 Å². The molecule has 1 heterocycles. The fourth-order valence-corrected chi connectivity index (χ4v) is 1.04. The molecule has 2 amide bonds. The van der Waals surface area contributed by atoms with E-state index in [4.69, 9.17) is 0 Å². The fraction of sp³-hybridized carbons (Fsp3) is 0.200. The number of aromatic amines is 1. The first-order chi connectivity index (χ1) is 7.17. The Morgan fingerprint density at radius 2 is 2.40 bits per heavy atom. The Balaban J connectivity index is 2.85. The summed E-state index contributed by atoms with van der Waals surface area (Å²) in [5.41, 5.74) is 0. The molecular formula is C10H14N4O. The highest BCUT2D eigenvalue weighted by atomic mass is 16.2. The molecule has 1 aromatic heterocycles. The van der Waals surface area contributed by atoms with Gasteiger partial charge in [-0.25, -0.2) is 9.78 Å². The van der Waals surface area contributed by atoms with Crippen LogP contribution < -0.4 is 21.3 Å². The van der Waals surface area contributed by atoms with Crippen molar-refractivity contribution in [2.24, 2.45) is 0 Å². The summed E-state index contributed by atoms with van der Waals surface area (Å²) in [6.45, 7) is 9.71. The zero-order valence-electron chi connectivity index (χ0n) is 8.63. The quantitative estimate of drug-likeness (QED) is 0.648. The number of hydrogen-bond donors (Lipinski definition) is 3. The van der Waals surface area contributed by atoms with Crippen LogP contribution in [-0.4, -0.2) is 22.5 Å². The topological polar surface area (TPSA) is 69.8 Å². The normalized spacial score (nSPS) is 11.1. The van der Waals surface area contributed by atoms with E-state index >= 15 is 0 Å². The maximum Gasteiger partial charge on any atom is 0.321 e. The number of nitrogens with zero attached hydrogens (tertiary/aromatic N) is 1. The van der Waals surface area contributed by atoms with Crippen molar-refractivity contribution in [3.05, 3.63) is 23.4 Å². The van der Waals surface area contributed by atoms with Crippen molar-refractivity contribution >= 4 is 24.6 Å².